The van der Waals surface area contributed by atoms with Crippen LogP contribution in [0.5, 0.6) is 0 Å². The fourth-order valence-corrected chi connectivity index (χ4v) is 6.35. The fourth-order valence-electron chi connectivity index (χ4n) is 6.35. The van der Waals surface area contributed by atoms with Gasteiger partial charge in [-0.05, 0) is 68.2 Å². The molecule has 1 amide bonds. The van der Waals surface area contributed by atoms with Crippen LogP contribution in [0, 0.1) is 5.92 Å². The standard InChI is InChI=1S/C28H33N5O/c1-31-10-12-32(13-11-31)27-17-21(8-9-30-27)28(34)33-24-6-7-25(33)16-20(15-24)14-23-19-29-18-22-4-2-3-5-26(22)23/h2-5,8-9,17-20,24-25H,6-7,10-16H2,1H3/t24-,25-/m0/s1. The van der Waals surface area contributed by atoms with Crippen molar-refractivity contribution in [2.24, 2.45) is 5.92 Å². The lowest BCUT2D eigenvalue weighted by Crippen LogP contribution is -2.47. The Labute approximate surface area is 201 Å². The second-order valence-corrected chi connectivity index (χ2v) is 10.4. The van der Waals surface area contributed by atoms with Gasteiger partial charge in [0, 0.05) is 67.8 Å². The molecule has 6 heteroatoms. The predicted octanol–water partition coefficient (Wildman–Crippen LogP) is 4.01. The van der Waals surface area contributed by atoms with E-state index in [4.69, 9.17) is 0 Å². The minimum atomic E-state index is 0.190. The van der Waals surface area contributed by atoms with Crippen LogP contribution in [0.3, 0.4) is 0 Å². The van der Waals surface area contributed by atoms with Crippen molar-refractivity contribution in [3.05, 3.63) is 66.1 Å². The number of nitrogens with zero attached hydrogens (tertiary/aromatic N) is 5. The van der Waals surface area contributed by atoms with Gasteiger partial charge < -0.3 is 14.7 Å². The van der Waals surface area contributed by atoms with Gasteiger partial charge in [0.1, 0.15) is 5.82 Å². The lowest BCUT2D eigenvalue weighted by atomic mass is 9.85. The van der Waals surface area contributed by atoms with Gasteiger partial charge in [0.05, 0.1) is 0 Å². The van der Waals surface area contributed by atoms with Crippen molar-refractivity contribution in [3.8, 4) is 0 Å². The number of rotatable bonds is 4. The van der Waals surface area contributed by atoms with Crippen LogP contribution in [0.1, 0.15) is 41.6 Å². The summed E-state index contributed by atoms with van der Waals surface area (Å²) in [6.45, 7) is 3.98. The first kappa shape index (κ1) is 21.5. The van der Waals surface area contributed by atoms with E-state index >= 15 is 0 Å². The molecule has 0 radical (unpaired) electrons. The lowest BCUT2D eigenvalue weighted by Gasteiger charge is -2.39. The van der Waals surface area contributed by atoms with E-state index < -0.39 is 0 Å². The molecule has 3 aliphatic rings. The number of piperazine rings is 1. The second kappa shape index (κ2) is 8.99. The van der Waals surface area contributed by atoms with Crippen LogP contribution in [0.15, 0.2) is 55.0 Å². The number of piperidine rings is 1. The summed E-state index contributed by atoms with van der Waals surface area (Å²) in [5.41, 5.74) is 2.13. The van der Waals surface area contributed by atoms with Crippen LogP contribution < -0.4 is 4.90 Å². The largest absolute Gasteiger partial charge is 0.354 e. The molecule has 2 atom stereocenters. The van der Waals surface area contributed by atoms with Crippen molar-refractivity contribution in [2.45, 2.75) is 44.2 Å². The molecule has 1 aromatic carbocycles. The van der Waals surface area contributed by atoms with Crippen molar-refractivity contribution in [1.82, 2.24) is 19.8 Å². The van der Waals surface area contributed by atoms with E-state index in [1.54, 1.807) is 0 Å². The number of pyridine rings is 2. The molecule has 6 nitrogen and oxygen atoms in total. The molecule has 5 heterocycles. The number of carbonyl (C=O) groups is 1. The molecule has 3 aliphatic heterocycles. The van der Waals surface area contributed by atoms with Crippen molar-refractivity contribution >= 4 is 22.5 Å². The smallest absolute Gasteiger partial charge is 0.254 e. The Bertz CT molecular complexity index is 1170. The van der Waals surface area contributed by atoms with Crippen LogP contribution in [0.25, 0.3) is 10.8 Å². The van der Waals surface area contributed by atoms with E-state index in [1.807, 2.05) is 30.7 Å². The summed E-state index contributed by atoms with van der Waals surface area (Å²) in [6.07, 6.45) is 11.3. The molecule has 0 spiro atoms. The summed E-state index contributed by atoms with van der Waals surface area (Å²) < 4.78 is 0. The molecule has 0 saturated carbocycles. The van der Waals surface area contributed by atoms with E-state index in [9.17, 15) is 4.79 Å². The van der Waals surface area contributed by atoms with Gasteiger partial charge in [-0.3, -0.25) is 9.78 Å². The predicted molar refractivity (Wildman–Crippen MR) is 135 cm³/mol. The van der Waals surface area contributed by atoms with Gasteiger partial charge in [0.25, 0.3) is 5.91 Å². The average Bonchev–Trinajstić information content (AvgIpc) is 3.14. The maximum Gasteiger partial charge on any atom is 0.254 e. The number of fused-ring (bicyclic) bond motifs is 3. The Morgan fingerprint density at radius 1 is 1.00 bits per heavy atom. The highest BCUT2D eigenvalue weighted by Gasteiger charge is 2.43. The van der Waals surface area contributed by atoms with Gasteiger partial charge in [-0.15, -0.1) is 0 Å². The Hall–Kier alpha value is -2.99. The van der Waals surface area contributed by atoms with Gasteiger partial charge in [0.2, 0.25) is 0 Å². The molecule has 3 fully saturated rings. The quantitative estimate of drug-likeness (QED) is 0.595. The molecule has 2 bridgehead atoms. The summed E-state index contributed by atoms with van der Waals surface area (Å²) in [5.74, 6) is 1.73. The molecule has 0 aliphatic carbocycles. The minimum absolute atomic E-state index is 0.190. The number of likely N-dealkylation sites (N-methyl/N-ethyl adjacent to an activating group) is 1. The lowest BCUT2D eigenvalue weighted by molar-refractivity contribution is 0.0524. The zero-order valence-electron chi connectivity index (χ0n) is 19.9. The highest BCUT2D eigenvalue weighted by Crippen LogP contribution is 2.41. The summed E-state index contributed by atoms with van der Waals surface area (Å²) >= 11 is 0. The first-order chi connectivity index (χ1) is 16.7. The van der Waals surface area contributed by atoms with Crippen molar-refractivity contribution in [2.75, 3.05) is 38.1 Å². The van der Waals surface area contributed by atoms with Crippen molar-refractivity contribution in [3.63, 3.8) is 0 Å². The van der Waals surface area contributed by atoms with Crippen LogP contribution >= 0.6 is 0 Å². The topological polar surface area (TPSA) is 52.6 Å². The van der Waals surface area contributed by atoms with Crippen LogP contribution in [0.4, 0.5) is 5.82 Å². The van der Waals surface area contributed by atoms with Crippen LogP contribution in [-0.4, -0.2) is 71.0 Å². The van der Waals surface area contributed by atoms with Gasteiger partial charge >= 0.3 is 0 Å². The van der Waals surface area contributed by atoms with Gasteiger partial charge in [0.15, 0.2) is 0 Å². The van der Waals surface area contributed by atoms with E-state index in [-0.39, 0.29) is 5.91 Å². The average molecular weight is 456 g/mol. The van der Waals surface area contributed by atoms with Crippen LogP contribution in [-0.2, 0) is 6.42 Å². The molecule has 6 rings (SSSR count). The number of hydrogen-bond donors (Lipinski definition) is 0. The number of amides is 1. The Morgan fingerprint density at radius 3 is 2.56 bits per heavy atom. The number of hydrogen-bond acceptors (Lipinski definition) is 5. The molecule has 3 aromatic rings. The number of anilines is 1. The maximum absolute atomic E-state index is 13.6. The number of benzene rings is 1. The third-order valence-corrected chi connectivity index (χ3v) is 8.14. The third-order valence-electron chi connectivity index (χ3n) is 8.14. The molecule has 34 heavy (non-hydrogen) atoms. The SMILES string of the molecule is CN1CCN(c2cc(C(=O)N3[C@H]4CC[C@H]3CC(Cc3cncc5ccccc35)C4)ccn2)CC1. The molecule has 176 valence electrons. The maximum atomic E-state index is 13.6. The zero-order chi connectivity index (χ0) is 23.1. The molecular weight excluding hydrogens is 422 g/mol. The van der Waals surface area contributed by atoms with E-state index in [0.717, 1.165) is 69.7 Å². The van der Waals surface area contributed by atoms with Gasteiger partial charge in [-0.2, -0.15) is 0 Å². The first-order valence-corrected chi connectivity index (χ1v) is 12.7. The third kappa shape index (κ3) is 4.05. The summed E-state index contributed by atoms with van der Waals surface area (Å²) in [4.78, 5) is 29.6. The Balaban J connectivity index is 1.17. The minimum Gasteiger partial charge on any atom is -0.354 e. The molecule has 0 N–H and O–H groups in total. The highest BCUT2D eigenvalue weighted by atomic mass is 16.2. The monoisotopic (exact) mass is 455 g/mol. The first-order valence-electron chi connectivity index (χ1n) is 12.7. The summed E-state index contributed by atoms with van der Waals surface area (Å²) in [6, 6.07) is 13.1. The van der Waals surface area contributed by atoms with Crippen molar-refractivity contribution < 1.29 is 4.79 Å². The van der Waals surface area contributed by atoms with E-state index in [2.05, 4.69) is 56.0 Å². The normalized spacial score (nSPS) is 25.1. The van der Waals surface area contributed by atoms with Crippen molar-refractivity contribution in [1.29, 1.82) is 0 Å². The Morgan fingerprint density at radius 2 is 1.76 bits per heavy atom. The second-order valence-electron chi connectivity index (χ2n) is 10.4. The zero-order valence-corrected chi connectivity index (χ0v) is 19.9. The van der Waals surface area contributed by atoms with Gasteiger partial charge in [-0.25, -0.2) is 4.98 Å². The molecule has 0 unspecified atom stereocenters. The van der Waals surface area contributed by atoms with Crippen LogP contribution in [0.2, 0.25) is 0 Å². The number of carbonyl (C=O) groups excluding carboxylic acids is 1. The summed E-state index contributed by atoms with van der Waals surface area (Å²) in [7, 11) is 2.15. The summed E-state index contributed by atoms with van der Waals surface area (Å²) in [5, 5.41) is 2.53. The van der Waals surface area contributed by atoms with E-state index in [0.29, 0.717) is 18.0 Å². The van der Waals surface area contributed by atoms with E-state index in [1.165, 1.54) is 16.3 Å². The number of aromatic nitrogens is 2. The molecule has 2 aromatic heterocycles. The highest BCUT2D eigenvalue weighted by molar-refractivity contribution is 5.95. The molecule has 3 saturated heterocycles. The van der Waals surface area contributed by atoms with Gasteiger partial charge in [-0.1, -0.05) is 24.3 Å². The molecular formula is C28H33N5O. The fraction of sp³-hybridized carbons (Fsp3) is 0.464. The Kier molecular flexibility index (Phi) is 5.69.